The Morgan fingerprint density at radius 2 is 0.597 bits per heavy atom. The number of carbonyl (C=O) groups is 3. The Balaban J connectivity index is 4.45. The highest BCUT2D eigenvalue weighted by atomic mass is 16.6. The summed E-state index contributed by atoms with van der Waals surface area (Å²) in [6, 6.07) is 0. The summed E-state index contributed by atoms with van der Waals surface area (Å²) in [5.41, 5.74) is 0. The van der Waals surface area contributed by atoms with Crippen LogP contribution in [-0.2, 0) is 28.6 Å². The Kier molecular flexibility index (Phi) is 52.4. The lowest BCUT2D eigenvalue weighted by atomic mass is 10.0. The summed E-state index contributed by atoms with van der Waals surface area (Å²) in [6.45, 7) is 6.46. The van der Waals surface area contributed by atoms with Crippen molar-refractivity contribution in [2.24, 2.45) is 0 Å². The molecule has 384 valence electrons. The van der Waals surface area contributed by atoms with Crippen LogP contribution in [-0.4, -0.2) is 37.2 Å². The maximum Gasteiger partial charge on any atom is 0.306 e. The SMILES string of the molecule is CC/C=C\C/C=C\C/C=C\CCCCCCCCCCCC(=O)OCC(COC(=O)CCCCCCCCCCCCCCC)OC(=O)CCC/C=C\C/C=C\C/C=C\C/C=C\CCCCC. The molecule has 0 N–H and O–H groups in total. The van der Waals surface area contributed by atoms with Gasteiger partial charge in [0.25, 0.3) is 0 Å². The van der Waals surface area contributed by atoms with Crippen LogP contribution >= 0.6 is 0 Å². The Bertz CT molecular complexity index is 1300. The molecule has 6 nitrogen and oxygen atoms in total. The van der Waals surface area contributed by atoms with Crippen molar-refractivity contribution in [3.8, 4) is 0 Å². The topological polar surface area (TPSA) is 78.9 Å². The summed E-state index contributed by atoms with van der Waals surface area (Å²) < 4.78 is 16.8. The molecule has 0 aliphatic carbocycles. The minimum Gasteiger partial charge on any atom is -0.462 e. The van der Waals surface area contributed by atoms with E-state index in [0.717, 1.165) is 83.5 Å². The number of hydrogen-bond donors (Lipinski definition) is 0. The van der Waals surface area contributed by atoms with Gasteiger partial charge in [0.05, 0.1) is 0 Å². The fourth-order valence-electron chi connectivity index (χ4n) is 7.68. The Labute approximate surface area is 414 Å². The van der Waals surface area contributed by atoms with Gasteiger partial charge in [-0.1, -0.05) is 241 Å². The number of carbonyl (C=O) groups excluding carboxylic acids is 3. The number of rotatable bonds is 50. The minimum absolute atomic E-state index is 0.0980. The van der Waals surface area contributed by atoms with Crippen LogP contribution in [0.25, 0.3) is 0 Å². The number of allylic oxidation sites excluding steroid dienone is 14. The fourth-order valence-corrected chi connectivity index (χ4v) is 7.68. The van der Waals surface area contributed by atoms with Crippen LogP contribution in [0.3, 0.4) is 0 Å². The van der Waals surface area contributed by atoms with E-state index in [0.29, 0.717) is 19.3 Å². The van der Waals surface area contributed by atoms with Crippen LogP contribution < -0.4 is 0 Å². The van der Waals surface area contributed by atoms with E-state index < -0.39 is 6.10 Å². The van der Waals surface area contributed by atoms with Crippen LogP contribution in [0.1, 0.15) is 265 Å². The normalized spacial score (nSPS) is 12.7. The van der Waals surface area contributed by atoms with Gasteiger partial charge in [-0.15, -0.1) is 0 Å². The molecular formula is C61H104O6. The van der Waals surface area contributed by atoms with Gasteiger partial charge in [-0.3, -0.25) is 14.4 Å². The molecule has 0 bridgehead atoms. The Hall–Kier alpha value is -3.41. The molecule has 0 aromatic rings. The second-order valence-electron chi connectivity index (χ2n) is 18.5. The molecule has 1 atom stereocenters. The molecule has 0 aromatic carbocycles. The first kappa shape index (κ1) is 63.6. The monoisotopic (exact) mass is 933 g/mol. The minimum atomic E-state index is -0.806. The van der Waals surface area contributed by atoms with Gasteiger partial charge in [0, 0.05) is 19.3 Å². The lowest BCUT2D eigenvalue weighted by Gasteiger charge is -2.18. The first-order chi connectivity index (χ1) is 33.0. The van der Waals surface area contributed by atoms with Gasteiger partial charge >= 0.3 is 17.9 Å². The van der Waals surface area contributed by atoms with E-state index in [9.17, 15) is 14.4 Å². The molecule has 67 heavy (non-hydrogen) atoms. The molecule has 0 amide bonds. The van der Waals surface area contributed by atoms with Crippen molar-refractivity contribution in [2.45, 2.75) is 271 Å². The number of esters is 3. The predicted molar refractivity (Wildman–Crippen MR) is 288 cm³/mol. The molecule has 0 aromatic heterocycles. The molecule has 6 heteroatoms. The van der Waals surface area contributed by atoms with Gasteiger partial charge < -0.3 is 14.2 Å². The maximum absolute atomic E-state index is 12.8. The largest absolute Gasteiger partial charge is 0.462 e. The summed E-state index contributed by atoms with van der Waals surface area (Å²) in [5, 5.41) is 0. The molecule has 0 fully saturated rings. The van der Waals surface area contributed by atoms with Crippen LogP contribution in [0, 0.1) is 0 Å². The summed E-state index contributed by atoms with van der Waals surface area (Å²) in [6.07, 6.45) is 71.4. The van der Waals surface area contributed by atoms with Crippen molar-refractivity contribution < 1.29 is 28.6 Å². The Morgan fingerprint density at radius 3 is 0.985 bits per heavy atom. The van der Waals surface area contributed by atoms with Crippen LogP contribution in [0.5, 0.6) is 0 Å². The molecule has 0 radical (unpaired) electrons. The van der Waals surface area contributed by atoms with Gasteiger partial charge in [0.15, 0.2) is 6.10 Å². The number of ether oxygens (including phenoxy) is 3. The van der Waals surface area contributed by atoms with Crippen LogP contribution in [0.2, 0.25) is 0 Å². The highest BCUT2D eigenvalue weighted by Crippen LogP contribution is 2.15. The van der Waals surface area contributed by atoms with E-state index in [1.807, 2.05) is 0 Å². The van der Waals surface area contributed by atoms with Gasteiger partial charge in [-0.25, -0.2) is 0 Å². The average Bonchev–Trinajstić information content (AvgIpc) is 3.33. The van der Waals surface area contributed by atoms with E-state index in [-0.39, 0.29) is 37.5 Å². The lowest BCUT2D eigenvalue weighted by Crippen LogP contribution is -2.30. The van der Waals surface area contributed by atoms with Crippen molar-refractivity contribution >= 4 is 17.9 Å². The van der Waals surface area contributed by atoms with Crippen molar-refractivity contribution in [1.29, 1.82) is 0 Å². The summed E-state index contributed by atoms with van der Waals surface area (Å²) in [5.74, 6) is -0.955. The molecule has 0 heterocycles. The summed E-state index contributed by atoms with van der Waals surface area (Å²) >= 11 is 0. The molecule has 0 aliphatic rings. The fraction of sp³-hybridized carbons (Fsp3) is 0.721. The third kappa shape index (κ3) is 53.4. The molecule has 1 unspecified atom stereocenters. The molecule has 0 saturated heterocycles. The van der Waals surface area contributed by atoms with Crippen molar-refractivity contribution in [3.63, 3.8) is 0 Å². The highest BCUT2D eigenvalue weighted by Gasteiger charge is 2.19. The van der Waals surface area contributed by atoms with E-state index in [1.165, 1.54) is 135 Å². The number of unbranched alkanes of at least 4 members (excludes halogenated alkanes) is 25. The summed E-state index contributed by atoms with van der Waals surface area (Å²) in [4.78, 5) is 38.1. The third-order valence-corrected chi connectivity index (χ3v) is 11.9. The van der Waals surface area contributed by atoms with Crippen LogP contribution in [0.15, 0.2) is 85.1 Å². The first-order valence-corrected chi connectivity index (χ1v) is 28.1. The van der Waals surface area contributed by atoms with Crippen LogP contribution in [0.4, 0.5) is 0 Å². The standard InChI is InChI=1S/C61H104O6/c1-4-7-10-13-16-19-22-25-27-29-30-32-33-36-39-42-45-48-51-54-60(63)66-57-58(56-65-59(62)53-50-47-44-41-38-35-24-21-18-15-12-9-6-3)67-61(64)55-52-49-46-43-40-37-34-31-28-26-23-20-17-14-11-8-5-2/h7,10,16-17,19-20,25-28,34,37,43,46,58H,4-6,8-9,11-15,18,21-24,29-33,35-36,38-42,44-45,47-57H2,1-3H3/b10-7-,19-16-,20-17-,27-25-,28-26-,37-34-,46-43-. The smallest absolute Gasteiger partial charge is 0.306 e. The third-order valence-electron chi connectivity index (χ3n) is 11.9. The second kappa shape index (κ2) is 55.2. The second-order valence-corrected chi connectivity index (χ2v) is 18.5. The predicted octanol–water partition coefficient (Wildman–Crippen LogP) is 18.8. The zero-order valence-electron chi connectivity index (χ0n) is 43.9. The Morgan fingerprint density at radius 1 is 0.313 bits per heavy atom. The maximum atomic E-state index is 12.8. The zero-order chi connectivity index (χ0) is 48.6. The van der Waals surface area contributed by atoms with Gasteiger partial charge in [-0.2, -0.15) is 0 Å². The van der Waals surface area contributed by atoms with Gasteiger partial charge in [0.1, 0.15) is 13.2 Å². The van der Waals surface area contributed by atoms with E-state index >= 15 is 0 Å². The van der Waals surface area contributed by atoms with Crippen molar-refractivity contribution in [3.05, 3.63) is 85.1 Å². The quantitative estimate of drug-likeness (QED) is 0.0262. The number of hydrogen-bond acceptors (Lipinski definition) is 6. The van der Waals surface area contributed by atoms with E-state index in [1.54, 1.807) is 0 Å². The van der Waals surface area contributed by atoms with Gasteiger partial charge in [0.2, 0.25) is 0 Å². The molecule has 0 spiro atoms. The average molecular weight is 933 g/mol. The van der Waals surface area contributed by atoms with Gasteiger partial charge in [-0.05, 0) is 89.9 Å². The van der Waals surface area contributed by atoms with Crippen molar-refractivity contribution in [2.75, 3.05) is 13.2 Å². The van der Waals surface area contributed by atoms with E-state index in [4.69, 9.17) is 14.2 Å². The lowest BCUT2D eigenvalue weighted by molar-refractivity contribution is -0.167. The molecule has 0 rings (SSSR count). The first-order valence-electron chi connectivity index (χ1n) is 28.1. The molecular weight excluding hydrogens is 829 g/mol. The molecule has 0 aliphatic heterocycles. The van der Waals surface area contributed by atoms with E-state index in [2.05, 4.69) is 106 Å². The zero-order valence-corrected chi connectivity index (χ0v) is 43.9. The molecule has 0 saturated carbocycles. The summed E-state index contributed by atoms with van der Waals surface area (Å²) in [7, 11) is 0. The highest BCUT2D eigenvalue weighted by molar-refractivity contribution is 5.71. The van der Waals surface area contributed by atoms with Crippen molar-refractivity contribution in [1.82, 2.24) is 0 Å².